The van der Waals surface area contributed by atoms with Crippen molar-refractivity contribution in [1.82, 2.24) is 19.9 Å². The molecule has 0 aliphatic rings. The molecule has 2 N–H and O–H groups in total. The van der Waals surface area contributed by atoms with E-state index in [0.717, 1.165) is 11.4 Å². The van der Waals surface area contributed by atoms with Crippen molar-refractivity contribution in [1.29, 1.82) is 0 Å². The van der Waals surface area contributed by atoms with E-state index in [1.807, 2.05) is 12.1 Å². The summed E-state index contributed by atoms with van der Waals surface area (Å²) in [4.78, 5) is 17.8. The van der Waals surface area contributed by atoms with Crippen molar-refractivity contribution < 1.29 is 4.74 Å². The molecule has 8 heteroatoms. The maximum absolute atomic E-state index is 6.22. The zero-order chi connectivity index (χ0) is 20.4. The van der Waals surface area contributed by atoms with E-state index in [1.54, 1.807) is 31.6 Å². The van der Waals surface area contributed by atoms with Crippen molar-refractivity contribution in [3.05, 3.63) is 64.9 Å². The van der Waals surface area contributed by atoms with Crippen LogP contribution in [0, 0.1) is 13.8 Å². The van der Waals surface area contributed by atoms with Crippen LogP contribution in [-0.4, -0.2) is 27.0 Å². The third-order valence-electron chi connectivity index (χ3n) is 4.51. The first-order chi connectivity index (χ1) is 14.0. The number of nitrogens with zero attached hydrogens (tertiary/aromatic N) is 4. The van der Waals surface area contributed by atoms with E-state index in [-0.39, 0.29) is 0 Å². The second kappa shape index (κ2) is 7.89. The first-order valence-electron chi connectivity index (χ1n) is 8.97. The lowest BCUT2D eigenvalue weighted by Gasteiger charge is -2.12. The average molecular weight is 407 g/mol. The zero-order valence-electron chi connectivity index (χ0n) is 16.2. The van der Waals surface area contributed by atoms with Crippen LogP contribution in [0.15, 0.2) is 48.8 Å². The maximum atomic E-state index is 6.22. The van der Waals surface area contributed by atoms with Gasteiger partial charge in [0, 0.05) is 23.8 Å². The molecule has 29 heavy (non-hydrogen) atoms. The molecule has 4 aromatic rings. The summed E-state index contributed by atoms with van der Waals surface area (Å²) in [6, 6.07) is 11.5. The van der Waals surface area contributed by atoms with Crippen molar-refractivity contribution in [2.75, 3.05) is 17.7 Å². The number of rotatable bonds is 5. The number of benzene rings is 2. The van der Waals surface area contributed by atoms with Gasteiger partial charge in [-0.25, -0.2) is 9.97 Å². The third kappa shape index (κ3) is 4.05. The quantitative estimate of drug-likeness (QED) is 0.472. The fraction of sp³-hybridized carbons (Fsp3) is 0.143. The van der Waals surface area contributed by atoms with Crippen LogP contribution in [0.5, 0.6) is 5.75 Å². The van der Waals surface area contributed by atoms with E-state index in [9.17, 15) is 0 Å². The Kier molecular flexibility index (Phi) is 5.14. The fourth-order valence-electron chi connectivity index (χ4n) is 2.84. The number of ether oxygens (including phenoxy) is 1. The number of halogens is 1. The molecule has 7 nitrogen and oxygen atoms in total. The summed E-state index contributed by atoms with van der Waals surface area (Å²) in [5.74, 6) is 1.54. The van der Waals surface area contributed by atoms with Crippen LogP contribution in [0.25, 0.3) is 11.2 Å². The van der Waals surface area contributed by atoms with Gasteiger partial charge in [0.25, 0.3) is 0 Å². The minimum absolute atomic E-state index is 0.380. The molecule has 0 radical (unpaired) electrons. The fourth-order valence-corrected chi connectivity index (χ4v) is 3.09. The Morgan fingerprint density at radius 2 is 1.62 bits per heavy atom. The first kappa shape index (κ1) is 18.9. The van der Waals surface area contributed by atoms with Crippen LogP contribution in [0.1, 0.15) is 11.1 Å². The van der Waals surface area contributed by atoms with Gasteiger partial charge in [-0.3, -0.25) is 0 Å². The molecule has 0 saturated carbocycles. The number of fused-ring (bicyclic) bond motifs is 1. The van der Waals surface area contributed by atoms with E-state index in [4.69, 9.17) is 16.3 Å². The summed E-state index contributed by atoms with van der Waals surface area (Å²) in [6.45, 7) is 4.14. The summed E-state index contributed by atoms with van der Waals surface area (Å²) in [5.41, 5.74) is 5.13. The van der Waals surface area contributed by atoms with Gasteiger partial charge < -0.3 is 15.4 Å². The monoisotopic (exact) mass is 406 g/mol. The third-order valence-corrected chi connectivity index (χ3v) is 4.81. The molecule has 0 amide bonds. The Morgan fingerprint density at radius 1 is 0.862 bits per heavy atom. The topological polar surface area (TPSA) is 84.9 Å². The smallest absolute Gasteiger partial charge is 0.231 e. The van der Waals surface area contributed by atoms with Crippen molar-refractivity contribution in [3.8, 4) is 5.75 Å². The molecule has 0 atom stereocenters. The Labute approximate surface area is 173 Å². The molecule has 0 bridgehead atoms. The lowest BCUT2D eigenvalue weighted by atomic mass is 10.1. The highest BCUT2D eigenvalue weighted by molar-refractivity contribution is 6.32. The number of hydrogen-bond acceptors (Lipinski definition) is 7. The molecule has 0 saturated heterocycles. The summed E-state index contributed by atoms with van der Waals surface area (Å²) in [6.07, 6.45) is 3.22. The molecule has 0 spiro atoms. The number of anilines is 4. The van der Waals surface area contributed by atoms with Crippen LogP contribution in [0.2, 0.25) is 5.02 Å². The number of aryl methyl sites for hydroxylation is 2. The summed E-state index contributed by atoms with van der Waals surface area (Å²) in [5, 5.41) is 6.99. The maximum Gasteiger partial charge on any atom is 0.231 e. The lowest BCUT2D eigenvalue weighted by Crippen LogP contribution is -2.04. The molecule has 0 aliphatic heterocycles. The van der Waals surface area contributed by atoms with Crippen LogP contribution >= 0.6 is 11.6 Å². The SMILES string of the molecule is COc1ccc(Nc2nc(Nc3ccc(C)c(C)c3)c3nccnc3n2)cc1Cl. The zero-order valence-corrected chi connectivity index (χ0v) is 16.9. The second-order valence-electron chi connectivity index (χ2n) is 6.52. The highest BCUT2D eigenvalue weighted by Gasteiger charge is 2.12. The standard InChI is InChI=1S/C21H19ClN6O/c1-12-4-5-14(10-13(12)2)25-20-18-19(24-9-8-23-18)27-21(28-20)26-15-6-7-17(29-3)16(22)11-15/h4-11H,1-3H3,(H2,24,25,26,27,28). The minimum atomic E-state index is 0.380. The van der Waals surface area contributed by atoms with E-state index in [2.05, 4.69) is 56.5 Å². The highest BCUT2D eigenvalue weighted by Crippen LogP contribution is 2.29. The Bertz CT molecular complexity index is 1200. The molecule has 146 valence electrons. The van der Waals surface area contributed by atoms with Gasteiger partial charge in [-0.1, -0.05) is 17.7 Å². The van der Waals surface area contributed by atoms with Crippen LogP contribution in [0.4, 0.5) is 23.1 Å². The molecule has 0 fully saturated rings. The Morgan fingerprint density at radius 3 is 2.38 bits per heavy atom. The van der Waals surface area contributed by atoms with Crippen molar-refractivity contribution >= 4 is 45.9 Å². The van der Waals surface area contributed by atoms with Crippen molar-refractivity contribution in [3.63, 3.8) is 0 Å². The van der Waals surface area contributed by atoms with Crippen molar-refractivity contribution in [2.24, 2.45) is 0 Å². The van der Waals surface area contributed by atoms with Gasteiger partial charge in [-0.15, -0.1) is 0 Å². The first-order valence-corrected chi connectivity index (χ1v) is 9.35. The van der Waals surface area contributed by atoms with Crippen molar-refractivity contribution in [2.45, 2.75) is 13.8 Å². The molecule has 2 aromatic heterocycles. The van der Waals surface area contributed by atoms with Gasteiger partial charge in [0.05, 0.1) is 12.1 Å². The highest BCUT2D eigenvalue weighted by atomic mass is 35.5. The van der Waals surface area contributed by atoms with Gasteiger partial charge >= 0.3 is 0 Å². The van der Waals surface area contributed by atoms with Gasteiger partial charge in [0.15, 0.2) is 17.0 Å². The van der Waals surface area contributed by atoms with E-state index < -0.39 is 0 Å². The molecule has 4 rings (SSSR count). The summed E-state index contributed by atoms with van der Waals surface area (Å²) < 4.78 is 5.19. The average Bonchev–Trinajstić information content (AvgIpc) is 2.71. The van der Waals surface area contributed by atoms with Crippen LogP contribution < -0.4 is 15.4 Å². The number of nitrogens with one attached hydrogen (secondary N) is 2. The Hall–Kier alpha value is -3.45. The molecule has 2 heterocycles. The molecule has 0 unspecified atom stereocenters. The Balaban J connectivity index is 1.72. The van der Waals surface area contributed by atoms with Crippen LogP contribution in [-0.2, 0) is 0 Å². The summed E-state index contributed by atoms with van der Waals surface area (Å²) in [7, 11) is 1.57. The van der Waals surface area contributed by atoms with E-state index in [1.165, 1.54) is 11.1 Å². The summed E-state index contributed by atoms with van der Waals surface area (Å²) >= 11 is 6.22. The second-order valence-corrected chi connectivity index (χ2v) is 6.93. The molecule has 2 aromatic carbocycles. The van der Waals surface area contributed by atoms with Gasteiger partial charge in [0.1, 0.15) is 5.75 Å². The predicted octanol–water partition coefficient (Wildman–Crippen LogP) is 5.19. The minimum Gasteiger partial charge on any atom is -0.495 e. The van der Waals surface area contributed by atoms with E-state index in [0.29, 0.717) is 33.7 Å². The number of hydrogen-bond donors (Lipinski definition) is 2. The van der Waals surface area contributed by atoms with Gasteiger partial charge in [0.2, 0.25) is 5.95 Å². The predicted molar refractivity (Wildman–Crippen MR) is 116 cm³/mol. The number of aromatic nitrogens is 4. The van der Waals surface area contributed by atoms with Gasteiger partial charge in [-0.2, -0.15) is 9.97 Å². The molecule has 0 aliphatic carbocycles. The lowest BCUT2D eigenvalue weighted by molar-refractivity contribution is 0.415. The normalized spacial score (nSPS) is 10.8. The number of methoxy groups -OCH3 is 1. The van der Waals surface area contributed by atoms with E-state index >= 15 is 0 Å². The largest absolute Gasteiger partial charge is 0.495 e. The van der Waals surface area contributed by atoms with Gasteiger partial charge in [-0.05, 0) is 55.3 Å². The van der Waals surface area contributed by atoms with Crippen LogP contribution in [0.3, 0.4) is 0 Å². The molecular weight excluding hydrogens is 388 g/mol. The molecular formula is C21H19ClN6O.